The number of piperidine rings is 1. The van der Waals surface area contributed by atoms with Crippen molar-refractivity contribution in [3.63, 3.8) is 0 Å². The first kappa shape index (κ1) is 15.3. The van der Waals surface area contributed by atoms with Crippen LogP contribution in [-0.2, 0) is 0 Å². The summed E-state index contributed by atoms with van der Waals surface area (Å²) in [6.07, 6.45) is 11.5. The van der Waals surface area contributed by atoms with Crippen molar-refractivity contribution in [1.29, 1.82) is 0 Å². The Morgan fingerprint density at radius 1 is 1.05 bits per heavy atom. The average Bonchev–Trinajstić information content (AvgIpc) is 2.40. The van der Waals surface area contributed by atoms with Gasteiger partial charge in [-0.15, -0.1) is 0 Å². The fourth-order valence-electron chi connectivity index (χ4n) is 4.32. The molecule has 2 aliphatic rings. The number of nitrogens with zero attached hydrogens (tertiary/aromatic N) is 1. The van der Waals surface area contributed by atoms with Crippen molar-refractivity contribution >= 4 is 0 Å². The first-order valence-electron chi connectivity index (χ1n) is 8.70. The predicted octanol–water partition coefficient (Wildman–Crippen LogP) is 3.81. The van der Waals surface area contributed by atoms with Gasteiger partial charge in [0.15, 0.2) is 0 Å². The number of hydrogen-bond acceptors (Lipinski definition) is 2. The number of rotatable bonds is 5. The van der Waals surface area contributed by atoms with Crippen LogP contribution in [0, 0.1) is 5.92 Å². The lowest BCUT2D eigenvalue weighted by Crippen LogP contribution is -2.52. The fourth-order valence-corrected chi connectivity index (χ4v) is 4.32. The second-order valence-corrected chi connectivity index (χ2v) is 7.03. The van der Waals surface area contributed by atoms with Crippen LogP contribution in [-0.4, -0.2) is 36.1 Å². The molecule has 2 fully saturated rings. The molecular weight excluding hydrogens is 232 g/mol. The van der Waals surface area contributed by atoms with Crippen molar-refractivity contribution < 1.29 is 0 Å². The van der Waals surface area contributed by atoms with E-state index in [2.05, 4.69) is 31.0 Å². The Bertz CT molecular complexity index is 246. The van der Waals surface area contributed by atoms with Gasteiger partial charge in [0.05, 0.1) is 0 Å². The van der Waals surface area contributed by atoms with Crippen molar-refractivity contribution in [2.24, 2.45) is 5.92 Å². The lowest BCUT2D eigenvalue weighted by Gasteiger charge is -2.43. The van der Waals surface area contributed by atoms with Crippen LogP contribution < -0.4 is 5.32 Å². The molecule has 19 heavy (non-hydrogen) atoms. The summed E-state index contributed by atoms with van der Waals surface area (Å²) in [5.74, 6) is 0.983. The third-order valence-corrected chi connectivity index (χ3v) is 5.10. The van der Waals surface area contributed by atoms with Crippen LogP contribution in [0.1, 0.15) is 72.1 Å². The largest absolute Gasteiger partial charge is 0.311 e. The molecular formula is C17H34N2. The molecule has 0 aromatic rings. The second-order valence-electron chi connectivity index (χ2n) is 7.03. The first-order chi connectivity index (χ1) is 9.20. The molecule has 0 bridgehead atoms. The molecule has 1 N–H and O–H groups in total. The summed E-state index contributed by atoms with van der Waals surface area (Å²) in [4.78, 5) is 2.82. The monoisotopic (exact) mass is 266 g/mol. The summed E-state index contributed by atoms with van der Waals surface area (Å²) in [6, 6.07) is 2.21. The second kappa shape index (κ2) is 7.64. The van der Waals surface area contributed by atoms with E-state index in [0.717, 1.165) is 18.0 Å². The molecule has 1 aliphatic carbocycles. The fraction of sp³-hybridized carbons (Fsp3) is 1.00. The van der Waals surface area contributed by atoms with Gasteiger partial charge in [0.1, 0.15) is 0 Å². The Hall–Kier alpha value is -0.0800. The van der Waals surface area contributed by atoms with Crippen LogP contribution in [0.15, 0.2) is 0 Å². The van der Waals surface area contributed by atoms with Crippen molar-refractivity contribution in [3.05, 3.63) is 0 Å². The molecule has 2 atom stereocenters. The summed E-state index contributed by atoms with van der Waals surface area (Å²) < 4.78 is 0. The molecule has 2 nitrogen and oxygen atoms in total. The van der Waals surface area contributed by atoms with Crippen LogP contribution >= 0.6 is 0 Å². The summed E-state index contributed by atoms with van der Waals surface area (Å²) in [7, 11) is 0. The van der Waals surface area contributed by atoms with Gasteiger partial charge in [-0.05, 0) is 44.6 Å². The van der Waals surface area contributed by atoms with Gasteiger partial charge in [-0.25, -0.2) is 0 Å². The van der Waals surface area contributed by atoms with Crippen LogP contribution in [0.2, 0.25) is 0 Å². The molecule has 1 saturated heterocycles. The van der Waals surface area contributed by atoms with E-state index in [4.69, 9.17) is 0 Å². The lowest BCUT2D eigenvalue weighted by atomic mass is 9.81. The van der Waals surface area contributed by atoms with Crippen molar-refractivity contribution in [1.82, 2.24) is 10.2 Å². The topological polar surface area (TPSA) is 15.3 Å². The van der Waals surface area contributed by atoms with Crippen molar-refractivity contribution in [2.75, 3.05) is 13.1 Å². The van der Waals surface area contributed by atoms with E-state index >= 15 is 0 Å². The van der Waals surface area contributed by atoms with Crippen LogP contribution in [0.5, 0.6) is 0 Å². The van der Waals surface area contributed by atoms with Gasteiger partial charge in [0.2, 0.25) is 0 Å². The highest BCUT2D eigenvalue weighted by atomic mass is 15.2. The zero-order valence-corrected chi connectivity index (χ0v) is 13.3. The van der Waals surface area contributed by atoms with E-state index in [1.165, 1.54) is 64.5 Å². The van der Waals surface area contributed by atoms with E-state index in [9.17, 15) is 0 Å². The Morgan fingerprint density at radius 2 is 1.79 bits per heavy atom. The molecule has 2 unspecified atom stereocenters. The minimum absolute atomic E-state index is 0.625. The average molecular weight is 266 g/mol. The highest BCUT2D eigenvalue weighted by molar-refractivity contribution is 4.87. The third kappa shape index (κ3) is 4.46. The maximum atomic E-state index is 3.75. The number of likely N-dealkylation sites (tertiary alicyclic amines) is 1. The first-order valence-corrected chi connectivity index (χ1v) is 8.70. The Kier molecular flexibility index (Phi) is 6.15. The van der Waals surface area contributed by atoms with Gasteiger partial charge >= 0.3 is 0 Å². The van der Waals surface area contributed by atoms with E-state index in [1.54, 1.807) is 0 Å². The smallest absolute Gasteiger partial charge is 0.0197 e. The zero-order chi connectivity index (χ0) is 13.7. The molecule has 0 aromatic carbocycles. The standard InChI is InChI=1S/C17H34N2/c1-4-17(15-9-6-5-7-10-15)19-12-8-11-16(13-19)18-14(2)3/h14-18H,4-13H2,1-3H3. The quantitative estimate of drug-likeness (QED) is 0.814. The van der Waals surface area contributed by atoms with Gasteiger partial charge in [0, 0.05) is 24.7 Å². The highest BCUT2D eigenvalue weighted by Gasteiger charge is 2.30. The number of hydrogen-bond donors (Lipinski definition) is 1. The van der Waals surface area contributed by atoms with E-state index < -0.39 is 0 Å². The molecule has 0 amide bonds. The van der Waals surface area contributed by atoms with Crippen LogP contribution in [0.25, 0.3) is 0 Å². The van der Waals surface area contributed by atoms with Gasteiger partial charge in [-0.3, -0.25) is 4.90 Å². The summed E-state index contributed by atoms with van der Waals surface area (Å²) in [5.41, 5.74) is 0. The number of nitrogens with one attached hydrogen (secondary N) is 1. The normalized spacial score (nSPS) is 28.7. The molecule has 0 spiro atoms. The Balaban J connectivity index is 1.89. The molecule has 0 aromatic heterocycles. The van der Waals surface area contributed by atoms with Gasteiger partial charge < -0.3 is 5.32 Å². The summed E-state index contributed by atoms with van der Waals surface area (Å²) in [6.45, 7) is 9.58. The molecule has 112 valence electrons. The molecule has 1 saturated carbocycles. The SMILES string of the molecule is CCC(C1CCCCC1)N1CCCC(NC(C)C)C1. The minimum atomic E-state index is 0.625. The summed E-state index contributed by atoms with van der Waals surface area (Å²) in [5, 5.41) is 3.75. The van der Waals surface area contributed by atoms with Gasteiger partial charge in [0.25, 0.3) is 0 Å². The molecule has 1 heterocycles. The maximum absolute atomic E-state index is 3.75. The molecule has 0 radical (unpaired) electrons. The molecule has 2 rings (SSSR count). The minimum Gasteiger partial charge on any atom is -0.311 e. The maximum Gasteiger partial charge on any atom is 0.0197 e. The predicted molar refractivity (Wildman–Crippen MR) is 83.5 cm³/mol. The molecule has 1 aliphatic heterocycles. The third-order valence-electron chi connectivity index (χ3n) is 5.10. The Morgan fingerprint density at radius 3 is 2.42 bits per heavy atom. The van der Waals surface area contributed by atoms with Gasteiger partial charge in [-0.2, -0.15) is 0 Å². The zero-order valence-electron chi connectivity index (χ0n) is 13.3. The van der Waals surface area contributed by atoms with E-state index in [-0.39, 0.29) is 0 Å². The highest BCUT2D eigenvalue weighted by Crippen LogP contribution is 2.31. The van der Waals surface area contributed by atoms with E-state index in [1.807, 2.05) is 0 Å². The summed E-state index contributed by atoms with van der Waals surface area (Å²) >= 11 is 0. The van der Waals surface area contributed by atoms with Crippen LogP contribution in [0.4, 0.5) is 0 Å². The molecule has 2 heteroatoms. The van der Waals surface area contributed by atoms with E-state index in [0.29, 0.717) is 6.04 Å². The lowest BCUT2D eigenvalue weighted by molar-refractivity contribution is 0.0771. The van der Waals surface area contributed by atoms with Crippen LogP contribution in [0.3, 0.4) is 0 Å². The van der Waals surface area contributed by atoms with Crippen molar-refractivity contribution in [3.8, 4) is 0 Å². The van der Waals surface area contributed by atoms with Gasteiger partial charge in [-0.1, -0.05) is 40.0 Å². The Labute approximate surface area is 120 Å². The van der Waals surface area contributed by atoms with Crippen molar-refractivity contribution in [2.45, 2.75) is 90.3 Å².